The third-order valence-corrected chi connectivity index (χ3v) is 2.27. The van der Waals surface area contributed by atoms with Gasteiger partial charge in [-0.2, -0.15) is 13.2 Å². The lowest BCUT2D eigenvalue weighted by atomic mass is 10.2. The van der Waals surface area contributed by atoms with E-state index in [0.29, 0.717) is 6.07 Å². The summed E-state index contributed by atoms with van der Waals surface area (Å²) in [5.41, 5.74) is -2.95. The molecule has 19 heavy (non-hydrogen) atoms. The van der Waals surface area contributed by atoms with Gasteiger partial charge in [-0.25, -0.2) is 4.79 Å². The largest absolute Gasteiger partial charge is 0.427 e. The van der Waals surface area contributed by atoms with E-state index in [4.69, 9.17) is 4.74 Å². The molecule has 0 N–H and O–H groups in total. The molecule has 2 aromatic rings. The molecule has 0 fully saturated rings. The predicted molar refractivity (Wildman–Crippen MR) is 58.8 cm³/mol. The Kier molecular flexibility index (Phi) is 3.05. The van der Waals surface area contributed by atoms with Crippen LogP contribution in [0.1, 0.15) is 12.5 Å². The summed E-state index contributed by atoms with van der Waals surface area (Å²) in [6.45, 7) is 1.17. The van der Waals surface area contributed by atoms with Crippen LogP contribution in [0.4, 0.5) is 13.2 Å². The maximum atomic E-state index is 12.5. The number of ether oxygens (including phenoxy) is 1. The molecule has 0 aliphatic rings. The highest BCUT2D eigenvalue weighted by Gasteiger charge is 2.35. The number of rotatable bonds is 1. The van der Waals surface area contributed by atoms with Crippen molar-refractivity contribution in [3.05, 3.63) is 40.2 Å². The van der Waals surface area contributed by atoms with Crippen molar-refractivity contribution in [1.29, 1.82) is 0 Å². The van der Waals surface area contributed by atoms with Gasteiger partial charge in [0.05, 0.1) is 0 Å². The van der Waals surface area contributed by atoms with Crippen molar-refractivity contribution in [3.63, 3.8) is 0 Å². The molecule has 100 valence electrons. The molecule has 0 radical (unpaired) electrons. The summed E-state index contributed by atoms with van der Waals surface area (Å²) in [5.74, 6) is -0.503. The molecule has 1 aromatic carbocycles. The third-order valence-electron chi connectivity index (χ3n) is 2.27. The van der Waals surface area contributed by atoms with E-state index < -0.39 is 23.3 Å². The van der Waals surface area contributed by atoms with Crippen LogP contribution < -0.4 is 10.4 Å². The van der Waals surface area contributed by atoms with Crippen molar-refractivity contribution < 1.29 is 27.1 Å². The highest BCUT2D eigenvalue weighted by molar-refractivity contribution is 5.80. The van der Waals surface area contributed by atoms with Crippen molar-refractivity contribution in [1.82, 2.24) is 0 Å². The Morgan fingerprint density at radius 3 is 2.53 bits per heavy atom. The van der Waals surface area contributed by atoms with Crippen LogP contribution in [-0.2, 0) is 11.0 Å². The summed E-state index contributed by atoms with van der Waals surface area (Å²) in [6, 6.07) is 4.45. The average molecular weight is 272 g/mol. The molecule has 0 aliphatic carbocycles. The zero-order valence-electron chi connectivity index (χ0n) is 9.58. The van der Waals surface area contributed by atoms with E-state index in [0.717, 1.165) is 0 Å². The maximum absolute atomic E-state index is 12.5. The first-order valence-electron chi connectivity index (χ1n) is 5.11. The van der Waals surface area contributed by atoms with Crippen molar-refractivity contribution >= 4 is 16.9 Å². The lowest BCUT2D eigenvalue weighted by Gasteiger charge is -2.06. The first-order valence-corrected chi connectivity index (χ1v) is 5.11. The molecule has 0 saturated heterocycles. The zero-order valence-corrected chi connectivity index (χ0v) is 9.58. The summed E-state index contributed by atoms with van der Waals surface area (Å²) >= 11 is 0. The number of hydrogen-bond acceptors (Lipinski definition) is 4. The van der Waals surface area contributed by atoms with Crippen molar-refractivity contribution in [2.45, 2.75) is 13.1 Å². The topological polar surface area (TPSA) is 56.5 Å². The van der Waals surface area contributed by atoms with Gasteiger partial charge >= 0.3 is 17.8 Å². The molecule has 4 nitrogen and oxygen atoms in total. The second-order valence-corrected chi connectivity index (χ2v) is 3.74. The van der Waals surface area contributed by atoms with Gasteiger partial charge in [0.25, 0.3) is 0 Å². The molecule has 2 rings (SSSR count). The van der Waals surface area contributed by atoms with Gasteiger partial charge in [-0.3, -0.25) is 4.79 Å². The summed E-state index contributed by atoms with van der Waals surface area (Å²) in [6.07, 6.45) is -4.77. The van der Waals surface area contributed by atoms with Crippen LogP contribution in [0.3, 0.4) is 0 Å². The minimum Gasteiger partial charge on any atom is -0.427 e. The quantitative estimate of drug-likeness (QED) is 0.455. The third kappa shape index (κ3) is 2.75. The van der Waals surface area contributed by atoms with Crippen LogP contribution in [0, 0.1) is 0 Å². The summed E-state index contributed by atoms with van der Waals surface area (Å²) < 4.78 is 46.8. The van der Waals surface area contributed by atoms with Crippen LogP contribution >= 0.6 is 0 Å². The molecule has 0 unspecified atom stereocenters. The summed E-state index contributed by atoms with van der Waals surface area (Å²) in [4.78, 5) is 22.0. The fraction of sp³-hybridized carbons (Fsp3) is 0.167. The van der Waals surface area contributed by atoms with Gasteiger partial charge in [-0.1, -0.05) is 0 Å². The highest BCUT2D eigenvalue weighted by Crippen LogP contribution is 2.29. The number of hydrogen-bond donors (Lipinski definition) is 0. The molecule has 0 bridgehead atoms. The van der Waals surface area contributed by atoms with Crippen LogP contribution in [0.15, 0.2) is 33.5 Å². The van der Waals surface area contributed by atoms with Crippen LogP contribution in [0.5, 0.6) is 5.75 Å². The second kappa shape index (κ2) is 4.42. The van der Waals surface area contributed by atoms with E-state index in [9.17, 15) is 22.8 Å². The highest BCUT2D eigenvalue weighted by atomic mass is 19.4. The normalized spacial score (nSPS) is 11.6. The molecule has 0 spiro atoms. The first-order chi connectivity index (χ1) is 8.77. The fourth-order valence-electron chi connectivity index (χ4n) is 1.52. The Morgan fingerprint density at radius 2 is 1.95 bits per heavy atom. The number of esters is 1. The lowest BCUT2D eigenvalue weighted by Crippen LogP contribution is -2.17. The minimum atomic E-state index is -4.77. The Balaban J connectivity index is 2.59. The minimum absolute atomic E-state index is 0.0860. The Morgan fingerprint density at radius 1 is 1.26 bits per heavy atom. The van der Waals surface area contributed by atoms with Crippen LogP contribution in [0.25, 0.3) is 11.0 Å². The number of carbonyl (C=O) groups excluding carboxylic acids is 1. The van der Waals surface area contributed by atoms with E-state index >= 15 is 0 Å². The van der Waals surface area contributed by atoms with Gasteiger partial charge in [-0.15, -0.1) is 0 Å². The first kappa shape index (κ1) is 13.1. The Labute approximate surface area is 104 Å². The molecule has 0 saturated carbocycles. The van der Waals surface area contributed by atoms with Gasteiger partial charge in [0.2, 0.25) is 0 Å². The van der Waals surface area contributed by atoms with E-state index in [-0.39, 0.29) is 16.7 Å². The van der Waals surface area contributed by atoms with Crippen LogP contribution in [-0.4, -0.2) is 5.97 Å². The van der Waals surface area contributed by atoms with Crippen molar-refractivity contribution in [2.75, 3.05) is 0 Å². The van der Waals surface area contributed by atoms with E-state index in [1.54, 1.807) is 0 Å². The standard InChI is InChI=1S/C12H7F3O4/c1-6(16)18-8-3-2-7-4-9(12(13,14)15)11(17)19-10(7)5-8/h2-5H,1H3. The predicted octanol–water partition coefficient (Wildman–Crippen LogP) is 2.74. The monoisotopic (exact) mass is 272 g/mol. The summed E-state index contributed by atoms with van der Waals surface area (Å²) in [7, 11) is 0. The van der Waals surface area contributed by atoms with Gasteiger partial charge < -0.3 is 9.15 Å². The Bertz CT molecular complexity index is 700. The van der Waals surface area contributed by atoms with E-state index in [2.05, 4.69) is 4.42 Å². The average Bonchev–Trinajstić information content (AvgIpc) is 2.25. The number of carbonyl (C=O) groups is 1. The summed E-state index contributed by atoms with van der Waals surface area (Å²) in [5, 5.41) is 0.0860. The van der Waals surface area contributed by atoms with Gasteiger partial charge in [0.15, 0.2) is 0 Å². The van der Waals surface area contributed by atoms with E-state index in [1.807, 2.05) is 0 Å². The molecule has 1 aromatic heterocycles. The van der Waals surface area contributed by atoms with Crippen molar-refractivity contribution in [3.8, 4) is 5.75 Å². The van der Waals surface area contributed by atoms with Gasteiger partial charge in [0, 0.05) is 18.4 Å². The van der Waals surface area contributed by atoms with Crippen LogP contribution in [0.2, 0.25) is 0 Å². The number of benzene rings is 1. The molecule has 7 heteroatoms. The van der Waals surface area contributed by atoms with Crippen molar-refractivity contribution in [2.24, 2.45) is 0 Å². The molecule has 0 aliphatic heterocycles. The number of alkyl halides is 3. The SMILES string of the molecule is CC(=O)Oc1ccc2cc(C(F)(F)F)c(=O)oc2c1. The molecule has 0 amide bonds. The zero-order chi connectivity index (χ0) is 14.2. The second-order valence-electron chi connectivity index (χ2n) is 3.74. The van der Waals surface area contributed by atoms with Gasteiger partial charge in [0.1, 0.15) is 16.9 Å². The van der Waals surface area contributed by atoms with E-state index in [1.165, 1.54) is 25.1 Å². The van der Waals surface area contributed by atoms with Gasteiger partial charge in [-0.05, 0) is 18.2 Å². The lowest BCUT2D eigenvalue weighted by molar-refractivity contribution is -0.139. The molecular weight excluding hydrogens is 265 g/mol. The Hall–Kier alpha value is -2.31. The molecule has 0 atom stereocenters. The molecule has 1 heterocycles. The fourth-order valence-corrected chi connectivity index (χ4v) is 1.52. The molecular formula is C12H7F3O4. The number of fused-ring (bicyclic) bond motifs is 1. The maximum Gasteiger partial charge on any atom is 0.423 e. The number of halogens is 3. The smallest absolute Gasteiger partial charge is 0.423 e.